The minimum Gasteiger partial charge on any atom is -0.491 e. The second-order valence-corrected chi connectivity index (χ2v) is 10.5. The molecule has 222 valence electrons. The summed E-state index contributed by atoms with van der Waals surface area (Å²) in [5.74, 6) is 0.417. The van der Waals surface area contributed by atoms with Crippen LogP contribution in [-0.4, -0.2) is 38.5 Å². The van der Waals surface area contributed by atoms with Crippen LogP contribution >= 0.6 is 0 Å². The molecule has 2 unspecified atom stereocenters. The van der Waals surface area contributed by atoms with Gasteiger partial charge in [0, 0.05) is 13.0 Å². The van der Waals surface area contributed by atoms with Gasteiger partial charge in [-0.15, -0.1) is 0 Å². The Hall–Kier alpha value is -4.19. The number of aryl methyl sites for hydroxylation is 1. The van der Waals surface area contributed by atoms with Crippen molar-refractivity contribution in [3.8, 4) is 16.9 Å². The van der Waals surface area contributed by atoms with E-state index in [1.807, 2.05) is 37.3 Å². The van der Waals surface area contributed by atoms with Crippen molar-refractivity contribution in [2.45, 2.75) is 45.8 Å². The summed E-state index contributed by atoms with van der Waals surface area (Å²) < 4.78 is 23.4. The molecule has 0 N–H and O–H groups in total. The number of carbonyl (C=O) groups is 1. The highest BCUT2D eigenvalue weighted by Gasteiger charge is 2.23. The Kier molecular flexibility index (Phi) is 10.4. The van der Waals surface area contributed by atoms with E-state index in [2.05, 4.69) is 79.7 Å². The summed E-state index contributed by atoms with van der Waals surface area (Å²) in [6, 6.07) is 31.5. The van der Waals surface area contributed by atoms with Gasteiger partial charge in [0.25, 0.3) is 0 Å². The first-order valence-electron chi connectivity index (χ1n) is 15.2. The molecule has 0 fully saturated rings. The maximum Gasteiger partial charge on any atom is 0.335 e. The fourth-order valence-electron chi connectivity index (χ4n) is 5.43. The normalized spacial score (nSPS) is 14.3. The third-order valence-corrected chi connectivity index (χ3v) is 7.66. The van der Waals surface area contributed by atoms with E-state index in [0.29, 0.717) is 32.8 Å². The highest BCUT2D eigenvalue weighted by atomic mass is 16.6. The lowest BCUT2D eigenvalue weighted by Gasteiger charge is -2.22. The highest BCUT2D eigenvalue weighted by Crippen LogP contribution is 2.37. The maximum atomic E-state index is 12.2. The molecule has 5 rings (SSSR count). The first-order valence-corrected chi connectivity index (χ1v) is 15.2. The van der Waals surface area contributed by atoms with Gasteiger partial charge in [0.05, 0.1) is 13.2 Å². The molecule has 0 amide bonds. The minimum atomic E-state index is -0.609. The van der Waals surface area contributed by atoms with Crippen LogP contribution in [0.4, 0.5) is 0 Å². The lowest BCUT2D eigenvalue weighted by Crippen LogP contribution is -2.28. The van der Waals surface area contributed by atoms with Crippen LogP contribution in [0, 0.1) is 0 Å². The van der Waals surface area contributed by atoms with Gasteiger partial charge >= 0.3 is 5.97 Å². The average molecular weight is 577 g/mol. The summed E-state index contributed by atoms with van der Waals surface area (Å²) in [7, 11) is 0. The molecule has 1 aliphatic carbocycles. The van der Waals surface area contributed by atoms with Crippen LogP contribution in [0.25, 0.3) is 23.3 Å². The van der Waals surface area contributed by atoms with Crippen LogP contribution < -0.4 is 4.74 Å². The van der Waals surface area contributed by atoms with Gasteiger partial charge in [0.2, 0.25) is 0 Å². The van der Waals surface area contributed by atoms with Crippen LogP contribution in [0.3, 0.4) is 0 Å². The zero-order chi connectivity index (χ0) is 30.0. The van der Waals surface area contributed by atoms with E-state index < -0.39 is 6.10 Å². The third-order valence-electron chi connectivity index (χ3n) is 7.66. The molecule has 4 aromatic carbocycles. The van der Waals surface area contributed by atoms with E-state index in [1.54, 1.807) is 6.92 Å². The Labute approximate surface area is 255 Å². The monoisotopic (exact) mass is 576 g/mol. The van der Waals surface area contributed by atoms with E-state index in [0.717, 1.165) is 34.4 Å². The SMILES string of the molecule is CCOC(=O)C(Cc1ccc(OCCOC2c3ccc(CC)cc3C=Cc3cc(-c4ccccc4)ccc32)cc1)OCC. The van der Waals surface area contributed by atoms with Crippen LogP contribution in [0.15, 0.2) is 91.0 Å². The Morgan fingerprint density at radius 2 is 1.42 bits per heavy atom. The van der Waals surface area contributed by atoms with Crippen LogP contribution in [0.1, 0.15) is 60.3 Å². The van der Waals surface area contributed by atoms with Crippen molar-refractivity contribution in [3.05, 3.63) is 124 Å². The largest absolute Gasteiger partial charge is 0.491 e. The fraction of sp³-hybridized carbons (Fsp3) is 0.289. The van der Waals surface area contributed by atoms with Crippen molar-refractivity contribution in [2.75, 3.05) is 26.4 Å². The lowest BCUT2D eigenvalue weighted by atomic mass is 9.93. The molecule has 0 saturated carbocycles. The first kappa shape index (κ1) is 30.3. The zero-order valence-electron chi connectivity index (χ0n) is 25.3. The summed E-state index contributed by atoms with van der Waals surface area (Å²) in [5, 5.41) is 0. The Morgan fingerprint density at radius 3 is 2.12 bits per heavy atom. The van der Waals surface area contributed by atoms with Gasteiger partial charge in [-0.25, -0.2) is 4.79 Å². The molecule has 0 bridgehead atoms. The fourth-order valence-corrected chi connectivity index (χ4v) is 5.43. The van der Waals surface area contributed by atoms with Gasteiger partial charge in [-0.3, -0.25) is 0 Å². The van der Waals surface area contributed by atoms with Gasteiger partial charge in [-0.2, -0.15) is 0 Å². The van der Waals surface area contributed by atoms with Gasteiger partial charge < -0.3 is 18.9 Å². The summed E-state index contributed by atoms with van der Waals surface area (Å²) in [6.07, 6.45) is 5.04. The Balaban J connectivity index is 1.27. The molecule has 0 aromatic heterocycles. The maximum absolute atomic E-state index is 12.2. The van der Waals surface area contributed by atoms with E-state index in [1.165, 1.54) is 22.3 Å². The van der Waals surface area contributed by atoms with E-state index in [-0.39, 0.29) is 12.1 Å². The zero-order valence-corrected chi connectivity index (χ0v) is 25.3. The van der Waals surface area contributed by atoms with E-state index >= 15 is 0 Å². The minimum absolute atomic E-state index is 0.208. The molecule has 5 nitrogen and oxygen atoms in total. The average Bonchev–Trinajstić information content (AvgIpc) is 3.20. The third kappa shape index (κ3) is 7.61. The molecule has 0 saturated heterocycles. The number of ether oxygens (including phenoxy) is 4. The second-order valence-electron chi connectivity index (χ2n) is 10.5. The topological polar surface area (TPSA) is 54.0 Å². The van der Waals surface area contributed by atoms with Gasteiger partial charge in [-0.05, 0) is 83.0 Å². The first-order chi connectivity index (χ1) is 21.1. The van der Waals surface area contributed by atoms with Crippen LogP contribution in [-0.2, 0) is 31.8 Å². The molecule has 1 aliphatic rings. The summed E-state index contributed by atoms with van der Waals surface area (Å²) in [5.41, 5.74) is 9.32. The summed E-state index contributed by atoms with van der Waals surface area (Å²) in [6.45, 7) is 7.47. The molecule has 0 spiro atoms. The number of hydrogen-bond acceptors (Lipinski definition) is 5. The molecule has 0 aliphatic heterocycles. The van der Waals surface area contributed by atoms with Crippen molar-refractivity contribution in [1.29, 1.82) is 0 Å². The molecule has 2 atom stereocenters. The van der Waals surface area contributed by atoms with Crippen LogP contribution in [0.5, 0.6) is 5.75 Å². The molecule has 4 aromatic rings. The molecule has 0 radical (unpaired) electrons. The highest BCUT2D eigenvalue weighted by molar-refractivity contribution is 5.79. The Bertz CT molecular complexity index is 1520. The predicted molar refractivity (Wildman–Crippen MR) is 172 cm³/mol. The number of hydrogen-bond donors (Lipinski definition) is 0. The van der Waals surface area contributed by atoms with Gasteiger partial charge in [0.15, 0.2) is 6.10 Å². The molecule has 43 heavy (non-hydrogen) atoms. The standard InChI is InChI=1S/C38H40O5/c1-4-27-14-20-34-31(24-27)15-16-32-26-30(29-10-8-7-9-11-29)17-21-35(32)37(34)43-23-22-42-33-18-12-28(13-19-33)25-36(40-5-2)38(39)41-6-3/h7-21,24,26,36-37H,4-6,22-23,25H2,1-3H3. The number of carbonyl (C=O) groups excluding carboxylic acids is 1. The van der Waals surface area contributed by atoms with Crippen LogP contribution in [0.2, 0.25) is 0 Å². The molecule has 0 heterocycles. The molecule has 5 heteroatoms. The van der Waals surface area contributed by atoms with Crippen molar-refractivity contribution in [3.63, 3.8) is 0 Å². The summed E-state index contributed by atoms with van der Waals surface area (Å²) in [4.78, 5) is 12.2. The second kappa shape index (κ2) is 14.8. The number of esters is 1. The molecular formula is C38H40O5. The molecular weight excluding hydrogens is 536 g/mol. The lowest BCUT2D eigenvalue weighted by molar-refractivity contribution is -0.156. The quantitative estimate of drug-likeness (QED) is 0.119. The Morgan fingerprint density at radius 1 is 0.721 bits per heavy atom. The smallest absolute Gasteiger partial charge is 0.335 e. The van der Waals surface area contributed by atoms with Gasteiger partial charge in [-0.1, -0.05) is 91.9 Å². The van der Waals surface area contributed by atoms with Crippen molar-refractivity contribution < 1.29 is 23.7 Å². The van der Waals surface area contributed by atoms with E-state index in [4.69, 9.17) is 18.9 Å². The van der Waals surface area contributed by atoms with Crippen molar-refractivity contribution in [1.82, 2.24) is 0 Å². The van der Waals surface area contributed by atoms with E-state index in [9.17, 15) is 4.79 Å². The van der Waals surface area contributed by atoms with Crippen molar-refractivity contribution in [2.24, 2.45) is 0 Å². The number of benzene rings is 4. The predicted octanol–water partition coefficient (Wildman–Crippen LogP) is 8.10. The van der Waals surface area contributed by atoms with Crippen molar-refractivity contribution >= 4 is 18.1 Å². The van der Waals surface area contributed by atoms with Gasteiger partial charge in [0.1, 0.15) is 18.5 Å². The summed E-state index contributed by atoms with van der Waals surface area (Å²) >= 11 is 0. The number of rotatable bonds is 13. The number of fused-ring (bicyclic) bond motifs is 2.